The van der Waals surface area contributed by atoms with Gasteiger partial charge in [0.15, 0.2) is 5.78 Å². The molecule has 1 aliphatic heterocycles. The number of Topliss-reactive ketones (excluding diaryl/α,β-unsaturated/α-hetero) is 1. The summed E-state index contributed by atoms with van der Waals surface area (Å²) in [5.74, 6) is -0.142. The van der Waals surface area contributed by atoms with E-state index in [0.29, 0.717) is 50.1 Å². The number of aromatic nitrogens is 2. The second kappa shape index (κ2) is 7.40. The second-order valence-corrected chi connectivity index (χ2v) is 7.85. The van der Waals surface area contributed by atoms with Crippen LogP contribution in [0.2, 0.25) is 0 Å². The first-order valence-corrected chi connectivity index (χ1v) is 10.2. The lowest BCUT2D eigenvalue weighted by molar-refractivity contribution is -0.134. The molecule has 2 heterocycles. The molecule has 2 amide bonds. The summed E-state index contributed by atoms with van der Waals surface area (Å²) < 4.78 is 0. The Hall–Kier alpha value is -3.48. The number of ketones is 1. The number of hydrogen-bond donors (Lipinski definition) is 1. The molecule has 3 aromatic rings. The summed E-state index contributed by atoms with van der Waals surface area (Å²) in [5, 5.41) is 0. The van der Waals surface area contributed by atoms with Crippen LogP contribution in [-0.2, 0) is 4.79 Å². The van der Waals surface area contributed by atoms with E-state index in [1.54, 1.807) is 17.3 Å². The molecule has 1 atom stereocenters. The van der Waals surface area contributed by atoms with Crippen LogP contribution in [0.15, 0.2) is 48.8 Å². The Morgan fingerprint density at radius 3 is 2.60 bits per heavy atom. The Kier molecular flexibility index (Phi) is 4.58. The topological polar surface area (TPSA) is 86.4 Å². The largest absolute Gasteiger partial charge is 0.345 e. The smallest absolute Gasteiger partial charge is 0.254 e. The zero-order valence-electron chi connectivity index (χ0n) is 16.5. The van der Waals surface area contributed by atoms with E-state index in [1.165, 1.54) is 0 Å². The molecule has 152 valence electrons. The Morgan fingerprint density at radius 1 is 1.00 bits per heavy atom. The van der Waals surface area contributed by atoms with Crippen molar-refractivity contribution < 1.29 is 14.4 Å². The summed E-state index contributed by atoms with van der Waals surface area (Å²) in [7, 11) is 0. The SMILES string of the molecule is O=C1CCC(C(=O)N2CCN(C(=O)c3ccc4nc[nH]c4c3)CC2)c2ccccc21. The summed E-state index contributed by atoms with van der Waals surface area (Å²) in [6.45, 7) is 2.00. The van der Waals surface area contributed by atoms with Gasteiger partial charge in [-0.3, -0.25) is 14.4 Å². The number of nitrogens with zero attached hydrogens (tertiary/aromatic N) is 3. The summed E-state index contributed by atoms with van der Waals surface area (Å²) in [6.07, 6.45) is 2.57. The van der Waals surface area contributed by atoms with Gasteiger partial charge in [-0.1, -0.05) is 24.3 Å². The molecule has 2 aliphatic rings. The first kappa shape index (κ1) is 18.5. The number of carbonyl (C=O) groups excluding carboxylic acids is 3. The number of benzene rings is 2. The molecule has 0 spiro atoms. The van der Waals surface area contributed by atoms with Crippen LogP contribution in [0.5, 0.6) is 0 Å². The quantitative estimate of drug-likeness (QED) is 0.714. The van der Waals surface area contributed by atoms with E-state index in [9.17, 15) is 14.4 Å². The number of amides is 2. The molecule has 1 unspecified atom stereocenters. The van der Waals surface area contributed by atoms with E-state index >= 15 is 0 Å². The highest BCUT2D eigenvalue weighted by Crippen LogP contribution is 2.33. The number of H-pyrrole nitrogens is 1. The lowest BCUT2D eigenvalue weighted by Gasteiger charge is -2.37. The van der Waals surface area contributed by atoms with Crippen LogP contribution in [0.1, 0.15) is 45.0 Å². The van der Waals surface area contributed by atoms with Crippen molar-refractivity contribution >= 4 is 28.6 Å². The third-order valence-electron chi connectivity index (χ3n) is 6.14. The molecule has 5 rings (SSSR count). The molecule has 1 N–H and O–H groups in total. The van der Waals surface area contributed by atoms with Crippen molar-refractivity contribution in [3.8, 4) is 0 Å². The summed E-state index contributed by atoms with van der Waals surface area (Å²) in [6, 6.07) is 12.9. The zero-order valence-corrected chi connectivity index (χ0v) is 16.5. The maximum atomic E-state index is 13.2. The Labute approximate surface area is 173 Å². The van der Waals surface area contributed by atoms with Crippen LogP contribution >= 0.6 is 0 Å². The Balaban J connectivity index is 1.27. The van der Waals surface area contributed by atoms with Gasteiger partial charge in [0.05, 0.1) is 23.3 Å². The molecule has 7 heteroatoms. The van der Waals surface area contributed by atoms with Crippen LogP contribution in [-0.4, -0.2) is 63.5 Å². The number of fused-ring (bicyclic) bond motifs is 2. The van der Waals surface area contributed by atoms with Crippen LogP contribution in [0.4, 0.5) is 0 Å². The van der Waals surface area contributed by atoms with E-state index in [1.807, 2.05) is 41.3 Å². The molecule has 0 radical (unpaired) electrons. The average Bonchev–Trinajstić information content (AvgIpc) is 3.27. The average molecular weight is 402 g/mol. The van der Waals surface area contributed by atoms with Crippen molar-refractivity contribution in [3.63, 3.8) is 0 Å². The maximum Gasteiger partial charge on any atom is 0.254 e. The zero-order chi connectivity index (χ0) is 20.7. The van der Waals surface area contributed by atoms with Crippen molar-refractivity contribution in [2.45, 2.75) is 18.8 Å². The third kappa shape index (κ3) is 3.16. The highest BCUT2D eigenvalue weighted by Gasteiger charge is 2.34. The molecule has 1 aromatic heterocycles. The maximum absolute atomic E-state index is 13.2. The van der Waals surface area contributed by atoms with Crippen molar-refractivity contribution in [1.29, 1.82) is 0 Å². The number of imidazole rings is 1. The predicted molar refractivity (Wildman–Crippen MR) is 111 cm³/mol. The number of aromatic amines is 1. The normalized spacial score (nSPS) is 19.1. The number of carbonyl (C=O) groups is 3. The third-order valence-corrected chi connectivity index (χ3v) is 6.14. The van der Waals surface area contributed by atoms with Gasteiger partial charge in [0.1, 0.15) is 0 Å². The van der Waals surface area contributed by atoms with E-state index in [4.69, 9.17) is 0 Å². The summed E-state index contributed by atoms with van der Waals surface area (Å²) in [4.78, 5) is 49.1. The van der Waals surface area contributed by atoms with Gasteiger partial charge < -0.3 is 14.8 Å². The standard InChI is InChI=1S/C23H22N4O3/c28-21-8-6-18(16-3-1-2-4-17(16)21)23(30)27-11-9-26(10-12-27)22(29)15-5-7-19-20(13-15)25-14-24-19/h1-5,7,13-14,18H,6,8-12H2,(H,24,25). The van der Waals surface area contributed by atoms with Gasteiger partial charge in [0.2, 0.25) is 5.91 Å². The minimum absolute atomic E-state index is 0.0350. The summed E-state index contributed by atoms with van der Waals surface area (Å²) in [5.41, 5.74) is 3.79. The summed E-state index contributed by atoms with van der Waals surface area (Å²) >= 11 is 0. The van der Waals surface area contributed by atoms with Gasteiger partial charge >= 0.3 is 0 Å². The fraction of sp³-hybridized carbons (Fsp3) is 0.304. The van der Waals surface area contributed by atoms with Gasteiger partial charge in [-0.25, -0.2) is 4.98 Å². The van der Waals surface area contributed by atoms with Crippen molar-refractivity contribution in [3.05, 3.63) is 65.5 Å². The molecule has 2 aromatic carbocycles. The molecule has 30 heavy (non-hydrogen) atoms. The first-order valence-electron chi connectivity index (χ1n) is 10.2. The van der Waals surface area contributed by atoms with Gasteiger partial charge in [-0.2, -0.15) is 0 Å². The van der Waals surface area contributed by atoms with Crippen molar-refractivity contribution in [1.82, 2.24) is 19.8 Å². The molecule has 0 saturated carbocycles. The monoisotopic (exact) mass is 402 g/mol. The van der Waals surface area contributed by atoms with Gasteiger partial charge in [0.25, 0.3) is 5.91 Å². The van der Waals surface area contributed by atoms with E-state index in [2.05, 4.69) is 9.97 Å². The van der Waals surface area contributed by atoms with Crippen LogP contribution in [0.25, 0.3) is 11.0 Å². The van der Waals surface area contributed by atoms with E-state index < -0.39 is 0 Å². The molecule has 7 nitrogen and oxygen atoms in total. The number of piperazine rings is 1. The van der Waals surface area contributed by atoms with Gasteiger partial charge in [0, 0.05) is 43.7 Å². The lowest BCUT2D eigenvalue weighted by Crippen LogP contribution is -2.52. The Morgan fingerprint density at radius 2 is 1.77 bits per heavy atom. The lowest BCUT2D eigenvalue weighted by atomic mass is 9.81. The number of rotatable bonds is 2. The minimum Gasteiger partial charge on any atom is -0.345 e. The molecule has 1 aliphatic carbocycles. The fourth-order valence-corrected chi connectivity index (χ4v) is 4.48. The van der Waals surface area contributed by atoms with Crippen LogP contribution in [0, 0.1) is 0 Å². The highest BCUT2D eigenvalue weighted by molar-refractivity contribution is 6.02. The molecule has 1 fully saturated rings. The van der Waals surface area contributed by atoms with E-state index in [-0.39, 0.29) is 23.5 Å². The predicted octanol–water partition coefficient (Wildman–Crippen LogP) is 2.61. The number of nitrogens with one attached hydrogen (secondary N) is 1. The Bertz CT molecular complexity index is 1140. The molecular weight excluding hydrogens is 380 g/mol. The van der Waals surface area contributed by atoms with Gasteiger partial charge in [-0.05, 0) is 30.2 Å². The number of hydrogen-bond acceptors (Lipinski definition) is 4. The van der Waals surface area contributed by atoms with Crippen LogP contribution < -0.4 is 0 Å². The molecular formula is C23H22N4O3. The van der Waals surface area contributed by atoms with Gasteiger partial charge in [-0.15, -0.1) is 0 Å². The molecule has 0 bridgehead atoms. The second-order valence-electron chi connectivity index (χ2n) is 7.85. The first-order chi connectivity index (χ1) is 14.6. The minimum atomic E-state index is -0.274. The van der Waals surface area contributed by atoms with Crippen molar-refractivity contribution in [2.24, 2.45) is 0 Å². The van der Waals surface area contributed by atoms with E-state index in [0.717, 1.165) is 16.6 Å². The highest BCUT2D eigenvalue weighted by atomic mass is 16.2. The fourth-order valence-electron chi connectivity index (χ4n) is 4.48. The van der Waals surface area contributed by atoms with Crippen LogP contribution in [0.3, 0.4) is 0 Å². The van der Waals surface area contributed by atoms with Crippen molar-refractivity contribution in [2.75, 3.05) is 26.2 Å². The molecule has 1 saturated heterocycles.